The Morgan fingerprint density at radius 1 is 0.339 bits per heavy atom. The van der Waals surface area contributed by atoms with E-state index in [1.54, 1.807) is 0 Å². The van der Waals surface area contributed by atoms with Crippen LogP contribution in [0.25, 0.3) is 106 Å². The van der Waals surface area contributed by atoms with Gasteiger partial charge in [0, 0.05) is 43.9 Å². The number of hydrogen-bond donors (Lipinski definition) is 0. The van der Waals surface area contributed by atoms with E-state index in [1.165, 1.54) is 27.6 Å². The maximum absolute atomic E-state index is 6.64. The number of hydrogen-bond acceptors (Lipinski definition) is 4. The minimum Gasteiger partial charge on any atom is -0.456 e. The van der Waals surface area contributed by atoms with Gasteiger partial charge in [0.1, 0.15) is 11.2 Å². The molecule has 0 amide bonds. The van der Waals surface area contributed by atoms with Crippen molar-refractivity contribution >= 4 is 43.7 Å². The zero-order valence-electron chi connectivity index (χ0n) is 30.2. The van der Waals surface area contributed by atoms with Crippen molar-refractivity contribution in [3.05, 3.63) is 194 Å². The highest BCUT2D eigenvalue weighted by atomic mass is 16.3. The van der Waals surface area contributed by atoms with Gasteiger partial charge in [-0.25, -0.2) is 15.0 Å². The van der Waals surface area contributed by atoms with Gasteiger partial charge in [-0.15, -0.1) is 0 Å². The van der Waals surface area contributed by atoms with Gasteiger partial charge in [-0.1, -0.05) is 152 Å². The van der Waals surface area contributed by atoms with Crippen molar-refractivity contribution in [3.8, 4) is 62.1 Å². The van der Waals surface area contributed by atoms with Crippen molar-refractivity contribution < 1.29 is 4.42 Å². The van der Waals surface area contributed by atoms with Crippen LogP contribution in [-0.4, -0.2) is 19.5 Å². The van der Waals surface area contributed by atoms with Crippen molar-refractivity contribution in [2.24, 2.45) is 0 Å². The molecule has 5 nitrogen and oxygen atoms in total. The lowest BCUT2D eigenvalue weighted by Gasteiger charge is -2.11. The summed E-state index contributed by atoms with van der Waals surface area (Å²) in [4.78, 5) is 15.1. The van der Waals surface area contributed by atoms with Crippen LogP contribution in [0.5, 0.6) is 0 Å². The van der Waals surface area contributed by atoms with Crippen LogP contribution in [0.15, 0.2) is 199 Å². The zero-order chi connectivity index (χ0) is 37.0. The van der Waals surface area contributed by atoms with Crippen molar-refractivity contribution in [2.75, 3.05) is 0 Å². The summed E-state index contributed by atoms with van der Waals surface area (Å²) in [5, 5.41) is 4.27. The van der Waals surface area contributed by atoms with E-state index in [9.17, 15) is 0 Å². The molecule has 0 fully saturated rings. The molecule has 11 rings (SSSR count). The lowest BCUT2D eigenvalue weighted by molar-refractivity contribution is 0.669. The molecule has 0 aliphatic carbocycles. The Balaban J connectivity index is 1.09. The SMILES string of the molecule is c1ccc(-c2cccc(-c3ccc(-n4c5ccccc5c5cc6oc7cccc(-c8nc(-c9ccccc9)nc(-c9ccccc9)n8)c7c6cc54)cc3)c2)cc1. The largest absolute Gasteiger partial charge is 0.456 e. The molecule has 56 heavy (non-hydrogen) atoms. The van der Waals surface area contributed by atoms with Crippen molar-refractivity contribution in [3.63, 3.8) is 0 Å². The fourth-order valence-electron chi connectivity index (χ4n) is 7.99. The molecule has 0 unspecified atom stereocenters. The standard InChI is InChI=1S/C51H32N4O/c1-4-14-33(15-5-1)37-20-12-21-38(30-37)34-26-28-39(29-27-34)55-44-24-11-10-22-40(44)42-32-47-43(31-45(42)55)48-41(23-13-25-46(48)56-47)51-53-49(35-16-6-2-7-17-35)52-50(54-51)36-18-8-3-9-19-36/h1-32H. The summed E-state index contributed by atoms with van der Waals surface area (Å²) in [7, 11) is 0. The average Bonchev–Trinajstić information content (AvgIpc) is 3.81. The number of aromatic nitrogens is 4. The van der Waals surface area contributed by atoms with Crippen LogP contribution in [-0.2, 0) is 0 Å². The average molecular weight is 717 g/mol. The summed E-state index contributed by atoms with van der Waals surface area (Å²) in [5.41, 5.74) is 12.4. The zero-order valence-corrected chi connectivity index (χ0v) is 30.2. The Hall–Kier alpha value is -7.63. The number of nitrogens with zero attached hydrogens (tertiary/aromatic N) is 4. The molecule has 0 aliphatic rings. The van der Waals surface area contributed by atoms with Gasteiger partial charge < -0.3 is 8.98 Å². The highest BCUT2D eigenvalue weighted by Gasteiger charge is 2.21. The summed E-state index contributed by atoms with van der Waals surface area (Å²) in [6.45, 7) is 0. The molecule has 0 radical (unpaired) electrons. The van der Waals surface area contributed by atoms with E-state index >= 15 is 0 Å². The fourth-order valence-corrected chi connectivity index (χ4v) is 7.99. The summed E-state index contributed by atoms with van der Waals surface area (Å²) >= 11 is 0. The number of furan rings is 1. The molecule has 0 aliphatic heterocycles. The second kappa shape index (κ2) is 13.0. The quantitative estimate of drug-likeness (QED) is 0.172. The maximum atomic E-state index is 6.64. The van der Waals surface area contributed by atoms with Gasteiger partial charge in [-0.2, -0.15) is 0 Å². The van der Waals surface area contributed by atoms with E-state index in [-0.39, 0.29) is 0 Å². The van der Waals surface area contributed by atoms with Gasteiger partial charge in [0.2, 0.25) is 0 Å². The lowest BCUT2D eigenvalue weighted by Crippen LogP contribution is -2.00. The van der Waals surface area contributed by atoms with Crippen LogP contribution in [0.3, 0.4) is 0 Å². The topological polar surface area (TPSA) is 56.7 Å². The van der Waals surface area contributed by atoms with Gasteiger partial charge in [0.15, 0.2) is 17.5 Å². The van der Waals surface area contributed by atoms with Crippen LogP contribution in [0, 0.1) is 0 Å². The molecule has 262 valence electrons. The molecule has 3 aromatic heterocycles. The van der Waals surface area contributed by atoms with E-state index in [2.05, 4.69) is 126 Å². The Morgan fingerprint density at radius 3 is 1.57 bits per heavy atom. The van der Waals surface area contributed by atoms with E-state index in [0.717, 1.165) is 60.7 Å². The van der Waals surface area contributed by atoms with Gasteiger partial charge >= 0.3 is 0 Å². The van der Waals surface area contributed by atoms with E-state index in [4.69, 9.17) is 19.4 Å². The van der Waals surface area contributed by atoms with Gasteiger partial charge in [0.25, 0.3) is 0 Å². The number of para-hydroxylation sites is 1. The highest BCUT2D eigenvalue weighted by molar-refractivity contribution is 6.19. The minimum atomic E-state index is 0.596. The number of fused-ring (bicyclic) bond motifs is 6. The first-order valence-corrected chi connectivity index (χ1v) is 18.8. The maximum Gasteiger partial charge on any atom is 0.164 e. The monoisotopic (exact) mass is 716 g/mol. The third kappa shape index (κ3) is 5.37. The molecule has 0 spiro atoms. The minimum absolute atomic E-state index is 0.596. The first-order chi connectivity index (χ1) is 27.7. The number of benzene rings is 8. The Morgan fingerprint density at radius 2 is 0.893 bits per heavy atom. The Labute approximate surface area is 322 Å². The molecule has 3 heterocycles. The first kappa shape index (κ1) is 31.9. The molecule has 0 bridgehead atoms. The summed E-state index contributed by atoms with van der Waals surface area (Å²) in [6, 6.07) is 67.5. The summed E-state index contributed by atoms with van der Waals surface area (Å²) in [6.07, 6.45) is 0. The van der Waals surface area contributed by atoms with E-state index < -0.39 is 0 Å². The molecule has 0 N–H and O–H groups in total. The molecule has 11 aromatic rings. The smallest absolute Gasteiger partial charge is 0.164 e. The van der Waals surface area contributed by atoms with Crippen LogP contribution in [0.2, 0.25) is 0 Å². The van der Waals surface area contributed by atoms with Gasteiger partial charge in [0.05, 0.1) is 11.0 Å². The lowest BCUT2D eigenvalue weighted by atomic mass is 9.99. The molecule has 0 saturated heterocycles. The second-order valence-corrected chi connectivity index (χ2v) is 14.0. The molecule has 8 aromatic carbocycles. The molecule has 5 heteroatoms. The Bertz CT molecular complexity index is 3160. The van der Waals surface area contributed by atoms with Crippen molar-refractivity contribution in [1.29, 1.82) is 0 Å². The van der Waals surface area contributed by atoms with Gasteiger partial charge in [-0.05, 0) is 64.7 Å². The summed E-state index contributed by atoms with van der Waals surface area (Å²) in [5.74, 6) is 1.84. The summed E-state index contributed by atoms with van der Waals surface area (Å²) < 4.78 is 9.00. The van der Waals surface area contributed by atoms with Crippen LogP contribution < -0.4 is 0 Å². The molecule has 0 saturated carbocycles. The van der Waals surface area contributed by atoms with Crippen LogP contribution >= 0.6 is 0 Å². The fraction of sp³-hybridized carbons (Fsp3) is 0. The molecular weight excluding hydrogens is 685 g/mol. The highest BCUT2D eigenvalue weighted by Crippen LogP contribution is 2.41. The van der Waals surface area contributed by atoms with E-state index in [0.29, 0.717) is 17.5 Å². The first-order valence-electron chi connectivity index (χ1n) is 18.8. The predicted molar refractivity (Wildman–Crippen MR) is 229 cm³/mol. The normalized spacial score (nSPS) is 11.6. The molecule has 0 atom stereocenters. The Kier molecular flexibility index (Phi) is 7.42. The van der Waals surface area contributed by atoms with Crippen LogP contribution in [0.1, 0.15) is 0 Å². The van der Waals surface area contributed by atoms with Crippen molar-refractivity contribution in [2.45, 2.75) is 0 Å². The second-order valence-electron chi connectivity index (χ2n) is 14.0. The van der Waals surface area contributed by atoms with Crippen LogP contribution in [0.4, 0.5) is 0 Å². The molecular formula is C51H32N4O. The predicted octanol–water partition coefficient (Wildman–Crippen LogP) is 13.2. The van der Waals surface area contributed by atoms with Crippen molar-refractivity contribution in [1.82, 2.24) is 19.5 Å². The number of rotatable bonds is 6. The third-order valence-electron chi connectivity index (χ3n) is 10.7. The van der Waals surface area contributed by atoms with E-state index in [1.807, 2.05) is 72.8 Å². The van der Waals surface area contributed by atoms with Gasteiger partial charge in [-0.3, -0.25) is 0 Å². The third-order valence-corrected chi connectivity index (χ3v) is 10.7.